The molecule has 86 valence electrons. The molecule has 0 aliphatic carbocycles. The summed E-state index contributed by atoms with van der Waals surface area (Å²) in [7, 11) is 0. The lowest BCUT2D eigenvalue weighted by Crippen LogP contribution is -2.32. The Kier molecular flexibility index (Phi) is 4.05. The van der Waals surface area contributed by atoms with Crippen molar-refractivity contribution in [1.82, 2.24) is 5.32 Å². The van der Waals surface area contributed by atoms with Crippen LogP contribution in [0.25, 0.3) is 0 Å². The van der Waals surface area contributed by atoms with Gasteiger partial charge in [0.05, 0.1) is 0 Å². The van der Waals surface area contributed by atoms with Crippen LogP contribution in [0.15, 0.2) is 24.3 Å². The number of benzene rings is 1. The van der Waals surface area contributed by atoms with Crippen LogP contribution >= 0.6 is 0 Å². The molecule has 0 spiro atoms. The SMILES string of the molecule is CCC(C)NC(=O)c1cccc(C(N)=O)c1. The van der Waals surface area contributed by atoms with Crippen LogP contribution in [0, 0.1) is 0 Å². The fourth-order valence-corrected chi connectivity index (χ4v) is 1.22. The molecule has 2 amide bonds. The number of hydrogen-bond acceptors (Lipinski definition) is 2. The van der Waals surface area contributed by atoms with E-state index in [4.69, 9.17) is 5.73 Å². The van der Waals surface area contributed by atoms with Gasteiger partial charge in [-0.25, -0.2) is 0 Å². The van der Waals surface area contributed by atoms with Crippen LogP contribution in [-0.4, -0.2) is 17.9 Å². The number of amides is 2. The molecule has 1 aromatic carbocycles. The predicted molar refractivity (Wildman–Crippen MR) is 62.2 cm³/mol. The van der Waals surface area contributed by atoms with Crippen molar-refractivity contribution in [3.8, 4) is 0 Å². The third-order valence-electron chi connectivity index (χ3n) is 2.40. The molecular weight excluding hydrogens is 204 g/mol. The highest BCUT2D eigenvalue weighted by atomic mass is 16.2. The lowest BCUT2D eigenvalue weighted by Gasteiger charge is -2.11. The number of rotatable bonds is 4. The van der Waals surface area contributed by atoms with E-state index >= 15 is 0 Å². The largest absolute Gasteiger partial charge is 0.366 e. The number of carbonyl (C=O) groups excluding carboxylic acids is 2. The van der Waals surface area contributed by atoms with Gasteiger partial charge in [0.25, 0.3) is 5.91 Å². The van der Waals surface area contributed by atoms with Crippen molar-refractivity contribution in [3.05, 3.63) is 35.4 Å². The second-order valence-electron chi connectivity index (χ2n) is 3.73. The van der Waals surface area contributed by atoms with Gasteiger partial charge in [0.15, 0.2) is 0 Å². The van der Waals surface area contributed by atoms with E-state index in [1.165, 1.54) is 6.07 Å². The lowest BCUT2D eigenvalue weighted by atomic mass is 10.1. The van der Waals surface area contributed by atoms with Crippen molar-refractivity contribution < 1.29 is 9.59 Å². The Morgan fingerprint density at radius 3 is 2.56 bits per heavy atom. The van der Waals surface area contributed by atoms with Crippen LogP contribution in [0.3, 0.4) is 0 Å². The van der Waals surface area contributed by atoms with Crippen molar-refractivity contribution in [2.75, 3.05) is 0 Å². The van der Waals surface area contributed by atoms with Crippen LogP contribution in [0.2, 0.25) is 0 Å². The highest BCUT2D eigenvalue weighted by Gasteiger charge is 2.10. The monoisotopic (exact) mass is 220 g/mol. The van der Waals surface area contributed by atoms with E-state index in [-0.39, 0.29) is 11.9 Å². The minimum Gasteiger partial charge on any atom is -0.366 e. The average molecular weight is 220 g/mol. The molecule has 0 radical (unpaired) electrons. The van der Waals surface area contributed by atoms with Crippen molar-refractivity contribution in [2.45, 2.75) is 26.3 Å². The standard InChI is InChI=1S/C12H16N2O2/c1-3-8(2)14-12(16)10-6-4-5-9(7-10)11(13)15/h4-8H,3H2,1-2H3,(H2,13,15)(H,14,16). The van der Waals surface area contributed by atoms with E-state index in [2.05, 4.69) is 5.32 Å². The van der Waals surface area contributed by atoms with E-state index < -0.39 is 5.91 Å². The second kappa shape index (κ2) is 5.30. The predicted octanol–water partition coefficient (Wildman–Crippen LogP) is 1.31. The maximum absolute atomic E-state index is 11.7. The van der Waals surface area contributed by atoms with Gasteiger partial charge < -0.3 is 11.1 Å². The Morgan fingerprint density at radius 2 is 2.00 bits per heavy atom. The Morgan fingerprint density at radius 1 is 1.38 bits per heavy atom. The summed E-state index contributed by atoms with van der Waals surface area (Å²) in [6, 6.07) is 6.50. The van der Waals surface area contributed by atoms with Gasteiger partial charge in [0.1, 0.15) is 0 Å². The Labute approximate surface area is 94.8 Å². The highest BCUT2D eigenvalue weighted by molar-refractivity contribution is 5.99. The molecule has 4 nitrogen and oxygen atoms in total. The molecule has 1 unspecified atom stereocenters. The molecule has 0 fully saturated rings. The zero-order valence-electron chi connectivity index (χ0n) is 9.49. The molecule has 0 heterocycles. The lowest BCUT2D eigenvalue weighted by molar-refractivity contribution is 0.0939. The van der Waals surface area contributed by atoms with Gasteiger partial charge in [0, 0.05) is 17.2 Å². The highest BCUT2D eigenvalue weighted by Crippen LogP contribution is 2.05. The zero-order chi connectivity index (χ0) is 12.1. The van der Waals surface area contributed by atoms with Crippen LogP contribution in [-0.2, 0) is 0 Å². The molecule has 1 atom stereocenters. The van der Waals surface area contributed by atoms with E-state index in [1.54, 1.807) is 18.2 Å². The van der Waals surface area contributed by atoms with Gasteiger partial charge in [-0.05, 0) is 31.5 Å². The van der Waals surface area contributed by atoms with Crippen LogP contribution < -0.4 is 11.1 Å². The number of nitrogens with two attached hydrogens (primary N) is 1. The molecule has 0 saturated heterocycles. The first-order valence-electron chi connectivity index (χ1n) is 5.25. The molecule has 0 bridgehead atoms. The second-order valence-corrected chi connectivity index (χ2v) is 3.73. The molecule has 1 rings (SSSR count). The molecule has 0 saturated carbocycles. The third kappa shape index (κ3) is 3.08. The van der Waals surface area contributed by atoms with Gasteiger partial charge in [-0.2, -0.15) is 0 Å². The Hall–Kier alpha value is -1.84. The summed E-state index contributed by atoms with van der Waals surface area (Å²) < 4.78 is 0. The molecule has 0 aliphatic rings. The topological polar surface area (TPSA) is 72.2 Å². The van der Waals surface area contributed by atoms with Crippen molar-refractivity contribution in [3.63, 3.8) is 0 Å². The molecule has 4 heteroatoms. The van der Waals surface area contributed by atoms with Crippen LogP contribution in [0.4, 0.5) is 0 Å². The summed E-state index contributed by atoms with van der Waals surface area (Å²) in [5.74, 6) is -0.712. The maximum atomic E-state index is 11.7. The first-order valence-corrected chi connectivity index (χ1v) is 5.25. The molecule has 0 aliphatic heterocycles. The molecule has 1 aromatic rings. The van der Waals surface area contributed by atoms with Gasteiger partial charge in [0.2, 0.25) is 5.91 Å². The fraction of sp³-hybridized carbons (Fsp3) is 0.333. The van der Waals surface area contributed by atoms with E-state index in [0.29, 0.717) is 11.1 Å². The van der Waals surface area contributed by atoms with Crippen LogP contribution in [0.5, 0.6) is 0 Å². The zero-order valence-corrected chi connectivity index (χ0v) is 9.49. The molecule has 3 N–H and O–H groups in total. The number of hydrogen-bond donors (Lipinski definition) is 2. The summed E-state index contributed by atoms with van der Waals surface area (Å²) in [6.45, 7) is 3.92. The smallest absolute Gasteiger partial charge is 0.251 e. The average Bonchev–Trinajstić information content (AvgIpc) is 2.28. The van der Waals surface area contributed by atoms with Gasteiger partial charge in [-0.3, -0.25) is 9.59 Å². The number of primary amides is 1. The Balaban J connectivity index is 2.83. The van der Waals surface area contributed by atoms with Crippen molar-refractivity contribution >= 4 is 11.8 Å². The summed E-state index contributed by atoms with van der Waals surface area (Å²) in [6.07, 6.45) is 0.862. The molecule has 0 aromatic heterocycles. The summed E-state index contributed by atoms with van der Waals surface area (Å²) in [5.41, 5.74) is 5.94. The van der Waals surface area contributed by atoms with E-state index in [1.807, 2.05) is 13.8 Å². The number of nitrogens with one attached hydrogen (secondary N) is 1. The minimum absolute atomic E-state index is 0.115. The Bertz CT molecular complexity index is 402. The van der Waals surface area contributed by atoms with Crippen LogP contribution in [0.1, 0.15) is 41.0 Å². The fourth-order valence-electron chi connectivity index (χ4n) is 1.22. The summed E-state index contributed by atoms with van der Waals surface area (Å²) >= 11 is 0. The maximum Gasteiger partial charge on any atom is 0.251 e. The minimum atomic E-state index is -0.529. The molecule has 16 heavy (non-hydrogen) atoms. The van der Waals surface area contributed by atoms with Crippen molar-refractivity contribution in [2.24, 2.45) is 5.73 Å². The normalized spacial score (nSPS) is 11.9. The number of carbonyl (C=O) groups is 2. The van der Waals surface area contributed by atoms with Gasteiger partial charge >= 0.3 is 0 Å². The molecular formula is C12H16N2O2. The van der Waals surface area contributed by atoms with Crippen molar-refractivity contribution in [1.29, 1.82) is 0 Å². The summed E-state index contributed by atoms with van der Waals surface area (Å²) in [5, 5.41) is 2.82. The quantitative estimate of drug-likeness (QED) is 0.803. The summed E-state index contributed by atoms with van der Waals surface area (Å²) in [4.78, 5) is 22.7. The van der Waals surface area contributed by atoms with Gasteiger partial charge in [-0.1, -0.05) is 13.0 Å². The van der Waals surface area contributed by atoms with E-state index in [0.717, 1.165) is 6.42 Å². The van der Waals surface area contributed by atoms with Gasteiger partial charge in [-0.15, -0.1) is 0 Å². The van der Waals surface area contributed by atoms with E-state index in [9.17, 15) is 9.59 Å². The first-order chi connectivity index (χ1) is 7.54. The third-order valence-corrected chi connectivity index (χ3v) is 2.40. The first kappa shape index (κ1) is 12.2.